The number of hydrogen-bond acceptors (Lipinski definition) is 5. The number of rotatable bonds is 5. The lowest BCUT2D eigenvalue weighted by Crippen LogP contribution is -2.36. The molecular weight excluding hydrogens is 421 g/mol. The smallest absolute Gasteiger partial charge is 0.262 e. The molecule has 0 fully saturated rings. The van der Waals surface area contributed by atoms with E-state index in [4.69, 9.17) is 27.9 Å². The van der Waals surface area contributed by atoms with Crippen molar-refractivity contribution in [2.24, 2.45) is 5.92 Å². The first-order valence-electron chi connectivity index (χ1n) is 8.89. The van der Waals surface area contributed by atoms with Gasteiger partial charge in [-0.1, -0.05) is 48.4 Å². The number of benzene rings is 1. The van der Waals surface area contributed by atoms with E-state index in [1.54, 1.807) is 12.1 Å². The van der Waals surface area contributed by atoms with E-state index in [9.17, 15) is 9.59 Å². The van der Waals surface area contributed by atoms with Gasteiger partial charge in [-0.05, 0) is 18.1 Å². The molecule has 0 saturated heterocycles. The molecule has 2 heterocycles. The van der Waals surface area contributed by atoms with Crippen molar-refractivity contribution >= 4 is 51.5 Å². The molecule has 2 aromatic rings. The van der Waals surface area contributed by atoms with Crippen molar-refractivity contribution < 1.29 is 14.3 Å². The van der Waals surface area contributed by atoms with Crippen molar-refractivity contribution in [1.29, 1.82) is 0 Å². The molecule has 6 nitrogen and oxygen atoms in total. The van der Waals surface area contributed by atoms with Crippen LogP contribution in [0.5, 0.6) is 5.75 Å². The molecule has 0 spiro atoms. The fraction of sp³-hybridized carbons (Fsp3) is 0.421. The second kappa shape index (κ2) is 8.68. The van der Waals surface area contributed by atoms with Crippen LogP contribution in [-0.4, -0.2) is 35.4 Å². The van der Waals surface area contributed by atoms with E-state index in [2.05, 4.69) is 10.3 Å². The van der Waals surface area contributed by atoms with E-state index in [0.29, 0.717) is 42.0 Å². The summed E-state index contributed by atoms with van der Waals surface area (Å²) in [7, 11) is 1.43. The third kappa shape index (κ3) is 4.42. The highest BCUT2D eigenvalue weighted by atomic mass is 35.5. The lowest BCUT2D eigenvalue weighted by atomic mass is 10.1. The molecule has 2 amide bonds. The summed E-state index contributed by atoms with van der Waals surface area (Å²) in [4.78, 5) is 32.4. The van der Waals surface area contributed by atoms with Crippen LogP contribution in [0, 0.1) is 5.92 Å². The van der Waals surface area contributed by atoms with Crippen molar-refractivity contribution in [3.8, 4) is 5.75 Å². The Morgan fingerprint density at radius 2 is 2.04 bits per heavy atom. The Kier molecular flexibility index (Phi) is 6.47. The maximum atomic E-state index is 12.7. The van der Waals surface area contributed by atoms with Gasteiger partial charge in [-0.2, -0.15) is 0 Å². The fourth-order valence-electron chi connectivity index (χ4n) is 3.04. The molecule has 150 valence electrons. The van der Waals surface area contributed by atoms with Crippen molar-refractivity contribution in [2.45, 2.75) is 33.2 Å². The van der Waals surface area contributed by atoms with Gasteiger partial charge in [0, 0.05) is 24.3 Å². The van der Waals surface area contributed by atoms with Gasteiger partial charge in [-0.15, -0.1) is 0 Å². The number of methoxy groups -OCH3 is 1. The van der Waals surface area contributed by atoms with Gasteiger partial charge in [0.05, 0.1) is 29.4 Å². The Morgan fingerprint density at radius 3 is 2.71 bits per heavy atom. The highest BCUT2D eigenvalue weighted by Gasteiger charge is 2.26. The van der Waals surface area contributed by atoms with E-state index < -0.39 is 5.91 Å². The Balaban J connectivity index is 1.76. The molecule has 1 aliphatic rings. The average molecular weight is 442 g/mol. The quantitative estimate of drug-likeness (QED) is 0.732. The zero-order chi connectivity index (χ0) is 20.4. The molecule has 0 unspecified atom stereocenters. The van der Waals surface area contributed by atoms with Crippen LogP contribution < -0.4 is 10.1 Å². The molecule has 1 N–H and O–H groups in total. The van der Waals surface area contributed by atoms with Gasteiger partial charge in [0.15, 0.2) is 10.9 Å². The largest absolute Gasteiger partial charge is 0.494 e. The van der Waals surface area contributed by atoms with Crippen LogP contribution in [0.2, 0.25) is 10.0 Å². The van der Waals surface area contributed by atoms with Gasteiger partial charge < -0.3 is 9.64 Å². The minimum atomic E-state index is -0.441. The minimum absolute atomic E-state index is 0.148. The summed E-state index contributed by atoms with van der Waals surface area (Å²) in [6.07, 6.45) is 1.21. The Labute approximate surface area is 177 Å². The minimum Gasteiger partial charge on any atom is -0.494 e. The van der Waals surface area contributed by atoms with Crippen LogP contribution >= 0.6 is 34.5 Å². The predicted octanol–water partition coefficient (Wildman–Crippen LogP) is 4.64. The summed E-state index contributed by atoms with van der Waals surface area (Å²) in [5.41, 5.74) is 1.08. The van der Waals surface area contributed by atoms with Crippen molar-refractivity contribution in [3.63, 3.8) is 0 Å². The normalized spacial score (nSPS) is 13.4. The van der Waals surface area contributed by atoms with Gasteiger partial charge in [0.2, 0.25) is 5.91 Å². The fourth-order valence-corrected chi connectivity index (χ4v) is 4.53. The summed E-state index contributed by atoms with van der Waals surface area (Å²) < 4.78 is 5.23. The van der Waals surface area contributed by atoms with Gasteiger partial charge in [-0.3, -0.25) is 14.9 Å². The zero-order valence-electron chi connectivity index (χ0n) is 15.8. The highest BCUT2D eigenvalue weighted by molar-refractivity contribution is 7.15. The Bertz CT molecular complexity index is 914. The van der Waals surface area contributed by atoms with Gasteiger partial charge in [0.1, 0.15) is 5.56 Å². The number of carbonyl (C=O) groups is 2. The number of thiazole rings is 1. The van der Waals surface area contributed by atoms with Gasteiger partial charge >= 0.3 is 0 Å². The van der Waals surface area contributed by atoms with E-state index in [1.807, 2.05) is 18.7 Å². The standard InChI is InChI=1S/C19H21Cl2N3O3S/c1-10(2)8-15(25)24-7-6-13-14(9-24)28-19(22-13)23-18(26)16-11(20)4-5-12(21)17(16)27-3/h4-5,10H,6-9H2,1-3H3,(H,22,23,26). The average Bonchev–Trinajstić information content (AvgIpc) is 3.03. The van der Waals surface area contributed by atoms with Crippen LogP contribution in [0.1, 0.15) is 41.2 Å². The first-order chi connectivity index (χ1) is 13.3. The Morgan fingerprint density at radius 1 is 1.32 bits per heavy atom. The van der Waals surface area contributed by atoms with E-state index in [1.165, 1.54) is 18.4 Å². The SMILES string of the molecule is COc1c(Cl)ccc(Cl)c1C(=O)Nc1nc2c(s1)CN(C(=O)CC(C)C)CC2. The maximum Gasteiger partial charge on any atom is 0.262 e. The molecule has 0 atom stereocenters. The number of carbonyl (C=O) groups excluding carboxylic acids is 2. The monoisotopic (exact) mass is 441 g/mol. The zero-order valence-corrected chi connectivity index (χ0v) is 18.2. The van der Waals surface area contributed by atoms with Crippen LogP contribution in [0.25, 0.3) is 0 Å². The van der Waals surface area contributed by atoms with Gasteiger partial charge in [-0.25, -0.2) is 4.98 Å². The highest BCUT2D eigenvalue weighted by Crippen LogP contribution is 2.35. The topological polar surface area (TPSA) is 71.5 Å². The number of nitrogens with one attached hydrogen (secondary N) is 1. The summed E-state index contributed by atoms with van der Waals surface area (Å²) in [5.74, 6) is 0.249. The molecule has 0 saturated carbocycles. The number of fused-ring (bicyclic) bond motifs is 1. The number of hydrogen-bond donors (Lipinski definition) is 1. The number of amides is 2. The predicted molar refractivity (Wildman–Crippen MR) is 112 cm³/mol. The first kappa shape index (κ1) is 20.9. The second-order valence-electron chi connectivity index (χ2n) is 6.94. The summed E-state index contributed by atoms with van der Waals surface area (Å²) >= 11 is 13.6. The maximum absolute atomic E-state index is 12.7. The number of anilines is 1. The second-order valence-corrected chi connectivity index (χ2v) is 8.84. The third-order valence-electron chi connectivity index (χ3n) is 4.38. The summed E-state index contributed by atoms with van der Waals surface area (Å²) in [5, 5.41) is 3.78. The summed E-state index contributed by atoms with van der Waals surface area (Å²) in [6, 6.07) is 3.12. The molecule has 1 aromatic heterocycles. The van der Waals surface area contributed by atoms with Crippen molar-refractivity contribution in [3.05, 3.63) is 38.3 Å². The Hall–Kier alpha value is -1.83. The van der Waals surface area contributed by atoms with E-state index in [0.717, 1.165) is 10.6 Å². The molecular formula is C19H21Cl2N3O3S. The van der Waals surface area contributed by atoms with E-state index >= 15 is 0 Å². The van der Waals surface area contributed by atoms with E-state index in [-0.39, 0.29) is 22.2 Å². The molecule has 1 aromatic carbocycles. The third-order valence-corrected chi connectivity index (χ3v) is 5.99. The van der Waals surface area contributed by atoms with Gasteiger partial charge in [0.25, 0.3) is 5.91 Å². The molecule has 1 aliphatic heterocycles. The van der Waals surface area contributed by atoms with Crippen LogP contribution in [0.4, 0.5) is 5.13 Å². The molecule has 28 heavy (non-hydrogen) atoms. The lowest BCUT2D eigenvalue weighted by molar-refractivity contribution is -0.132. The first-order valence-corrected chi connectivity index (χ1v) is 10.5. The molecule has 3 rings (SSSR count). The summed E-state index contributed by atoms with van der Waals surface area (Å²) in [6.45, 7) is 5.23. The molecule has 9 heteroatoms. The van der Waals surface area contributed by atoms with Crippen LogP contribution in [-0.2, 0) is 17.8 Å². The number of nitrogens with zero attached hydrogens (tertiary/aromatic N) is 2. The number of aromatic nitrogens is 1. The van der Waals surface area contributed by atoms with Crippen molar-refractivity contribution in [2.75, 3.05) is 19.0 Å². The lowest BCUT2D eigenvalue weighted by Gasteiger charge is -2.26. The number of ether oxygens (including phenoxy) is 1. The molecule has 0 bridgehead atoms. The van der Waals surface area contributed by atoms with Crippen LogP contribution in [0.3, 0.4) is 0 Å². The molecule has 0 radical (unpaired) electrons. The number of halogens is 2. The van der Waals surface area contributed by atoms with Crippen LogP contribution in [0.15, 0.2) is 12.1 Å². The van der Waals surface area contributed by atoms with Crippen molar-refractivity contribution in [1.82, 2.24) is 9.88 Å². The molecule has 0 aliphatic carbocycles.